The largest absolute Gasteiger partial charge is 0.377 e. The van der Waals surface area contributed by atoms with Gasteiger partial charge in [0.15, 0.2) is 0 Å². The van der Waals surface area contributed by atoms with Crippen molar-refractivity contribution in [2.45, 2.75) is 26.8 Å². The average molecular weight is 397 g/mol. The predicted octanol–water partition coefficient (Wildman–Crippen LogP) is 2.88. The molecule has 29 heavy (non-hydrogen) atoms. The van der Waals surface area contributed by atoms with Gasteiger partial charge in [-0.2, -0.15) is 10.2 Å². The molecule has 1 aliphatic heterocycles. The van der Waals surface area contributed by atoms with E-state index in [2.05, 4.69) is 10.2 Å². The predicted molar refractivity (Wildman–Crippen MR) is 106 cm³/mol. The molecule has 7 nitrogen and oxygen atoms in total. The molecule has 8 heteroatoms. The number of halogens is 1. The van der Waals surface area contributed by atoms with E-state index < -0.39 is 0 Å². The number of aryl methyl sites for hydroxylation is 3. The van der Waals surface area contributed by atoms with E-state index in [0.29, 0.717) is 31.1 Å². The Kier molecular flexibility index (Phi) is 4.96. The highest BCUT2D eigenvalue weighted by atomic mass is 19.1. The van der Waals surface area contributed by atoms with Gasteiger partial charge in [-0.1, -0.05) is 12.1 Å². The minimum absolute atomic E-state index is 0.0983. The molecule has 152 valence electrons. The monoisotopic (exact) mass is 397 g/mol. The number of carbonyl (C=O) groups excluding carboxylic acids is 1. The first-order valence-corrected chi connectivity index (χ1v) is 9.59. The number of hydrogen-bond acceptors (Lipinski definition) is 4. The van der Waals surface area contributed by atoms with Gasteiger partial charge in [0.25, 0.3) is 5.91 Å². The zero-order valence-electron chi connectivity index (χ0n) is 17.0. The first kappa shape index (κ1) is 19.3. The van der Waals surface area contributed by atoms with Crippen molar-refractivity contribution in [3.63, 3.8) is 0 Å². The van der Waals surface area contributed by atoms with Crippen LogP contribution >= 0.6 is 0 Å². The molecule has 3 heterocycles. The number of para-hydroxylation sites is 1. The quantitative estimate of drug-likeness (QED) is 0.682. The maximum atomic E-state index is 14.4. The summed E-state index contributed by atoms with van der Waals surface area (Å²) in [6.45, 7) is 6.95. The van der Waals surface area contributed by atoms with Crippen molar-refractivity contribution in [1.29, 1.82) is 0 Å². The Morgan fingerprint density at radius 2 is 1.97 bits per heavy atom. The summed E-state index contributed by atoms with van der Waals surface area (Å²) in [5, 5.41) is 8.86. The highest BCUT2D eigenvalue weighted by molar-refractivity contribution is 5.93. The Morgan fingerprint density at radius 1 is 1.21 bits per heavy atom. The number of rotatable bonds is 3. The molecule has 1 atom stereocenters. The zero-order valence-corrected chi connectivity index (χ0v) is 17.0. The van der Waals surface area contributed by atoms with E-state index in [1.54, 1.807) is 40.7 Å². The van der Waals surface area contributed by atoms with Gasteiger partial charge < -0.3 is 9.64 Å². The van der Waals surface area contributed by atoms with Crippen molar-refractivity contribution >= 4 is 5.91 Å². The van der Waals surface area contributed by atoms with Crippen molar-refractivity contribution < 1.29 is 13.9 Å². The van der Waals surface area contributed by atoms with Gasteiger partial charge in [-0.25, -0.2) is 9.07 Å². The number of carbonyl (C=O) groups is 1. The van der Waals surface area contributed by atoms with Gasteiger partial charge in [0, 0.05) is 24.8 Å². The molecular formula is C21H24FN5O2. The maximum absolute atomic E-state index is 14.4. The Morgan fingerprint density at radius 3 is 2.66 bits per heavy atom. The van der Waals surface area contributed by atoms with Crippen LogP contribution in [-0.4, -0.2) is 50.1 Å². The number of nitrogens with zero attached hydrogens (tertiary/aromatic N) is 5. The van der Waals surface area contributed by atoms with Crippen LogP contribution in [0.1, 0.15) is 39.2 Å². The van der Waals surface area contributed by atoms with E-state index in [1.807, 2.05) is 25.7 Å². The van der Waals surface area contributed by atoms with E-state index >= 15 is 0 Å². The molecule has 0 spiro atoms. The second-order valence-electron chi connectivity index (χ2n) is 7.33. The molecule has 4 rings (SSSR count). The maximum Gasteiger partial charge on any atom is 0.272 e. The van der Waals surface area contributed by atoms with Crippen molar-refractivity contribution in [1.82, 2.24) is 24.5 Å². The number of aromatic nitrogens is 4. The van der Waals surface area contributed by atoms with Crippen LogP contribution in [0.3, 0.4) is 0 Å². The van der Waals surface area contributed by atoms with Gasteiger partial charge in [0.1, 0.15) is 17.2 Å². The third kappa shape index (κ3) is 3.33. The second kappa shape index (κ2) is 7.44. The second-order valence-corrected chi connectivity index (χ2v) is 7.33. The molecule has 1 saturated heterocycles. The van der Waals surface area contributed by atoms with Gasteiger partial charge in [-0.15, -0.1) is 0 Å². The van der Waals surface area contributed by atoms with Crippen molar-refractivity contribution in [2.24, 2.45) is 7.05 Å². The summed E-state index contributed by atoms with van der Waals surface area (Å²) >= 11 is 0. The Bertz CT molecular complexity index is 1070. The molecule has 0 aliphatic carbocycles. The first-order valence-electron chi connectivity index (χ1n) is 9.59. The van der Waals surface area contributed by atoms with Crippen LogP contribution in [-0.2, 0) is 11.8 Å². The van der Waals surface area contributed by atoms with Gasteiger partial charge >= 0.3 is 0 Å². The fourth-order valence-corrected chi connectivity index (χ4v) is 4.04. The minimum Gasteiger partial charge on any atom is -0.377 e. The van der Waals surface area contributed by atoms with Gasteiger partial charge in [0.05, 0.1) is 30.6 Å². The lowest BCUT2D eigenvalue weighted by molar-refractivity contribution is -0.00360. The normalized spacial score (nSPS) is 17.0. The highest BCUT2D eigenvalue weighted by Gasteiger charge is 2.34. The van der Waals surface area contributed by atoms with Crippen LogP contribution in [0.25, 0.3) is 5.69 Å². The van der Waals surface area contributed by atoms with Crippen LogP contribution in [0.2, 0.25) is 0 Å². The molecule has 0 bridgehead atoms. The SMILES string of the molecule is Cc1cc(C(=O)N2CCOC[C@@H]2c2c(C)nn(-c3ccccc3F)c2C)n(C)n1. The number of amides is 1. The fraction of sp³-hybridized carbons (Fsp3) is 0.381. The van der Waals surface area contributed by atoms with Crippen LogP contribution in [0.4, 0.5) is 4.39 Å². The summed E-state index contributed by atoms with van der Waals surface area (Å²) in [7, 11) is 1.77. The van der Waals surface area contributed by atoms with Crippen molar-refractivity contribution in [3.8, 4) is 5.69 Å². The molecule has 3 aromatic rings. The standard InChI is InChI=1S/C21H24FN5O2/c1-13-11-18(25(4)23-13)21(28)26-9-10-29-12-19(26)20-14(2)24-27(15(20)3)17-8-6-5-7-16(17)22/h5-8,11,19H,9-10,12H2,1-4H3/t19-/m1/s1. The van der Waals surface area contributed by atoms with Crippen molar-refractivity contribution in [3.05, 3.63) is 64.5 Å². The lowest BCUT2D eigenvalue weighted by Crippen LogP contribution is -2.44. The molecule has 0 saturated carbocycles. The zero-order chi connectivity index (χ0) is 20.7. The van der Waals surface area contributed by atoms with Crippen LogP contribution in [0.5, 0.6) is 0 Å². The molecule has 1 amide bonds. The Labute approximate surface area is 168 Å². The fourth-order valence-electron chi connectivity index (χ4n) is 4.04. The smallest absolute Gasteiger partial charge is 0.272 e. The number of ether oxygens (including phenoxy) is 1. The molecule has 2 aromatic heterocycles. The van der Waals surface area contributed by atoms with Crippen LogP contribution in [0.15, 0.2) is 30.3 Å². The van der Waals surface area contributed by atoms with Gasteiger partial charge in [-0.3, -0.25) is 9.48 Å². The molecule has 1 aliphatic rings. The summed E-state index contributed by atoms with van der Waals surface area (Å²) in [4.78, 5) is 15.1. The summed E-state index contributed by atoms with van der Waals surface area (Å²) in [6, 6.07) is 8.02. The van der Waals surface area contributed by atoms with Crippen LogP contribution in [0, 0.1) is 26.6 Å². The lowest BCUT2D eigenvalue weighted by Gasteiger charge is -2.36. The van der Waals surface area contributed by atoms with E-state index in [4.69, 9.17) is 4.74 Å². The molecular weight excluding hydrogens is 373 g/mol. The third-order valence-corrected chi connectivity index (χ3v) is 5.37. The first-order chi connectivity index (χ1) is 13.9. The van der Waals surface area contributed by atoms with E-state index in [9.17, 15) is 9.18 Å². The number of hydrogen-bond donors (Lipinski definition) is 0. The lowest BCUT2D eigenvalue weighted by atomic mass is 10.0. The summed E-state index contributed by atoms with van der Waals surface area (Å²) in [5.41, 5.74) is 4.14. The van der Waals surface area contributed by atoms with Crippen molar-refractivity contribution in [2.75, 3.05) is 19.8 Å². The van der Waals surface area contributed by atoms with Gasteiger partial charge in [-0.05, 0) is 39.0 Å². The van der Waals surface area contributed by atoms with E-state index in [1.165, 1.54) is 6.07 Å². The molecule has 1 aromatic carbocycles. The third-order valence-electron chi connectivity index (χ3n) is 5.37. The van der Waals surface area contributed by atoms with Crippen LogP contribution < -0.4 is 0 Å². The number of benzene rings is 1. The average Bonchev–Trinajstić information content (AvgIpc) is 3.19. The topological polar surface area (TPSA) is 65.2 Å². The molecule has 0 N–H and O–H groups in total. The Balaban J connectivity index is 1.75. The molecule has 1 fully saturated rings. The summed E-state index contributed by atoms with van der Waals surface area (Å²) in [5.74, 6) is -0.443. The number of morpholine rings is 1. The summed E-state index contributed by atoms with van der Waals surface area (Å²) < 4.78 is 23.3. The molecule has 0 unspecified atom stereocenters. The summed E-state index contributed by atoms with van der Waals surface area (Å²) in [6.07, 6.45) is 0. The highest BCUT2D eigenvalue weighted by Crippen LogP contribution is 2.32. The van der Waals surface area contributed by atoms with Gasteiger partial charge in [0.2, 0.25) is 0 Å². The van der Waals surface area contributed by atoms with E-state index in [-0.39, 0.29) is 17.8 Å². The molecule has 0 radical (unpaired) electrons. The Hall–Kier alpha value is -3.00. The van der Waals surface area contributed by atoms with E-state index in [0.717, 1.165) is 22.6 Å². The minimum atomic E-state index is -0.345.